The number of carbonyl (C=O) groups excluding carboxylic acids is 1. The second kappa shape index (κ2) is 7.24. The first-order chi connectivity index (χ1) is 9.66. The Morgan fingerprint density at radius 2 is 2.30 bits per heavy atom. The van der Waals surface area contributed by atoms with Crippen molar-refractivity contribution >= 4 is 5.91 Å². The molecule has 1 unspecified atom stereocenters. The molecule has 0 radical (unpaired) electrons. The Morgan fingerprint density at radius 3 is 3.00 bits per heavy atom. The number of amides is 1. The topological polar surface area (TPSA) is 41.6 Å². The first-order valence-corrected chi connectivity index (χ1v) is 6.99. The van der Waals surface area contributed by atoms with E-state index in [0.29, 0.717) is 25.5 Å². The molecule has 5 heteroatoms. The molecule has 0 bridgehead atoms. The minimum atomic E-state index is -0.376. The minimum Gasteiger partial charge on any atom is -0.489 e. The summed E-state index contributed by atoms with van der Waals surface area (Å²) in [7, 11) is 1.76. The largest absolute Gasteiger partial charge is 0.489 e. The van der Waals surface area contributed by atoms with E-state index in [-0.39, 0.29) is 17.5 Å². The predicted molar refractivity (Wildman–Crippen MR) is 75.1 cm³/mol. The van der Waals surface area contributed by atoms with Gasteiger partial charge in [0.25, 0.3) is 0 Å². The van der Waals surface area contributed by atoms with Crippen molar-refractivity contribution < 1.29 is 13.9 Å². The fourth-order valence-corrected chi connectivity index (χ4v) is 2.27. The maximum atomic E-state index is 13.3. The highest BCUT2D eigenvalue weighted by atomic mass is 19.1. The molecule has 0 aromatic heterocycles. The summed E-state index contributed by atoms with van der Waals surface area (Å²) >= 11 is 0. The van der Waals surface area contributed by atoms with Crippen LogP contribution in [0, 0.1) is 11.7 Å². The molecule has 0 aliphatic carbocycles. The first-order valence-electron chi connectivity index (χ1n) is 6.99. The second-order valence-electron chi connectivity index (χ2n) is 5.16. The van der Waals surface area contributed by atoms with Gasteiger partial charge in [-0.15, -0.1) is 0 Å². The van der Waals surface area contributed by atoms with Crippen molar-refractivity contribution in [3.05, 3.63) is 30.1 Å². The van der Waals surface area contributed by atoms with Gasteiger partial charge < -0.3 is 15.0 Å². The van der Waals surface area contributed by atoms with Gasteiger partial charge in [0.2, 0.25) is 5.91 Å². The van der Waals surface area contributed by atoms with Crippen molar-refractivity contribution in [3.63, 3.8) is 0 Å². The van der Waals surface area contributed by atoms with Crippen LogP contribution in [0.4, 0.5) is 4.39 Å². The van der Waals surface area contributed by atoms with Crippen molar-refractivity contribution in [1.82, 2.24) is 10.2 Å². The van der Waals surface area contributed by atoms with Gasteiger partial charge in [0.15, 0.2) is 11.6 Å². The number of likely N-dealkylation sites (N-methyl/N-ethyl adjacent to an activating group) is 1. The van der Waals surface area contributed by atoms with Crippen LogP contribution in [-0.4, -0.2) is 44.1 Å². The lowest BCUT2D eigenvalue weighted by molar-refractivity contribution is -0.131. The van der Waals surface area contributed by atoms with E-state index in [0.717, 1.165) is 19.5 Å². The molecule has 1 aliphatic rings. The SMILES string of the molecule is CN(CCOc1ccccc1F)C(=O)CC1CCNC1. The summed E-state index contributed by atoms with van der Waals surface area (Å²) in [6.07, 6.45) is 1.63. The Balaban J connectivity index is 1.70. The third kappa shape index (κ3) is 4.20. The summed E-state index contributed by atoms with van der Waals surface area (Å²) in [5, 5.41) is 3.25. The van der Waals surface area contributed by atoms with Crippen LogP contribution in [-0.2, 0) is 4.79 Å². The highest BCUT2D eigenvalue weighted by Crippen LogP contribution is 2.16. The smallest absolute Gasteiger partial charge is 0.222 e. The third-order valence-electron chi connectivity index (χ3n) is 3.57. The minimum absolute atomic E-state index is 0.121. The van der Waals surface area contributed by atoms with Gasteiger partial charge in [-0.05, 0) is 37.6 Å². The standard InChI is InChI=1S/C15H21FN2O2/c1-18(15(19)10-12-6-7-17-11-12)8-9-20-14-5-3-2-4-13(14)16/h2-5,12,17H,6-11H2,1H3. The zero-order chi connectivity index (χ0) is 14.4. The van der Waals surface area contributed by atoms with Crippen LogP contribution in [0.1, 0.15) is 12.8 Å². The van der Waals surface area contributed by atoms with Crippen molar-refractivity contribution in [2.24, 2.45) is 5.92 Å². The highest BCUT2D eigenvalue weighted by molar-refractivity contribution is 5.76. The highest BCUT2D eigenvalue weighted by Gasteiger charge is 2.20. The van der Waals surface area contributed by atoms with Crippen LogP contribution >= 0.6 is 0 Å². The Labute approximate surface area is 118 Å². The lowest BCUT2D eigenvalue weighted by Gasteiger charge is -2.19. The maximum Gasteiger partial charge on any atom is 0.222 e. The number of halogens is 1. The lowest BCUT2D eigenvalue weighted by Crippen LogP contribution is -2.32. The Hall–Kier alpha value is -1.62. The fraction of sp³-hybridized carbons (Fsp3) is 0.533. The summed E-state index contributed by atoms with van der Waals surface area (Å²) in [5.74, 6) is 0.417. The van der Waals surface area contributed by atoms with E-state index in [2.05, 4.69) is 5.32 Å². The zero-order valence-corrected chi connectivity index (χ0v) is 11.8. The van der Waals surface area contributed by atoms with Crippen molar-refractivity contribution in [1.29, 1.82) is 0 Å². The lowest BCUT2D eigenvalue weighted by atomic mass is 10.0. The van der Waals surface area contributed by atoms with E-state index < -0.39 is 0 Å². The normalized spacial score (nSPS) is 18.0. The molecule has 1 aromatic carbocycles. The molecule has 0 spiro atoms. The van der Waals surface area contributed by atoms with E-state index in [9.17, 15) is 9.18 Å². The molecule has 1 aromatic rings. The molecular weight excluding hydrogens is 259 g/mol. The van der Waals surface area contributed by atoms with Crippen LogP contribution in [0.3, 0.4) is 0 Å². The number of nitrogens with one attached hydrogen (secondary N) is 1. The number of carbonyl (C=O) groups is 1. The molecule has 1 saturated heterocycles. The van der Waals surface area contributed by atoms with Gasteiger partial charge in [-0.3, -0.25) is 4.79 Å². The van der Waals surface area contributed by atoms with Gasteiger partial charge >= 0.3 is 0 Å². The van der Waals surface area contributed by atoms with Gasteiger partial charge in [0, 0.05) is 13.5 Å². The molecular formula is C15H21FN2O2. The van der Waals surface area contributed by atoms with E-state index in [1.807, 2.05) is 0 Å². The number of ether oxygens (including phenoxy) is 1. The summed E-state index contributed by atoms with van der Waals surface area (Å²) in [5.41, 5.74) is 0. The molecule has 20 heavy (non-hydrogen) atoms. The number of hydrogen-bond acceptors (Lipinski definition) is 3. The van der Waals surface area contributed by atoms with Crippen molar-refractivity contribution in [2.75, 3.05) is 33.3 Å². The van der Waals surface area contributed by atoms with E-state index in [1.54, 1.807) is 30.1 Å². The molecule has 0 saturated carbocycles. The van der Waals surface area contributed by atoms with E-state index in [4.69, 9.17) is 4.74 Å². The van der Waals surface area contributed by atoms with Crippen molar-refractivity contribution in [3.8, 4) is 5.75 Å². The summed E-state index contributed by atoms with van der Waals surface area (Å²) in [6.45, 7) is 2.68. The molecule has 1 N–H and O–H groups in total. The average Bonchev–Trinajstić information content (AvgIpc) is 2.93. The zero-order valence-electron chi connectivity index (χ0n) is 11.8. The third-order valence-corrected chi connectivity index (χ3v) is 3.57. The summed E-state index contributed by atoms with van der Waals surface area (Å²) < 4.78 is 18.7. The molecule has 1 amide bonds. The van der Waals surface area contributed by atoms with E-state index >= 15 is 0 Å². The molecule has 1 aliphatic heterocycles. The number of benzene rings is 1. The molecule has 2 rings (SSSR count). The van der Waals surface area contributed by atoms with Crippen LogP contribution in [0.25, 0.3) is 0 Å². The van der Waals surface area contributed by atoms with Gasteiger partial charge in [-0.2, -0.15) is 0 Å². The number of para-hydroxylation sites is 1. The Kier molecular flexibility index (Phi) is 5.35. The fourth-order valence-electron chi connectivity index (χ4n) is 2.27. The predicted octanol–water partition coefficient (Wildman–Crippen LogP) is 1.66. The molecule has 1 heterocycles. The summed E-state index contributed by atoms with van der Waals surface area (Å²) in [6, 6.07) is 6.28. The van der Waals surface area contributed by atoms with Gasteiger partial charge in [-0.25, -0.2) is 4.39 Å². The maximum absolute atomic E-state index is 13.3. The monoisotopic (exact) mass is 280 g/mol. The van der Waals surface area contributed by atoms with Crippen LogP contribution in [0.2, 0.25) is 0 Å². The van der Waals surface area contributed by atoms with Gasteiger partial charge in [0.1, 0.15) is 6.61 Å². The van der Waals surface area contributed by atoms with Crippen molar-refractivity contribution in [2.45, 2.75) is 12.8 Å². The van der Waals surface area contributed by atoms with E-state index in [1.165, 1.54) is 6.07 Å². The Morgan fingerprint density at radius 1 is 1.50 bits per heavy atom. The second-order valence-corrected chi connectivity index (χ2v) is 5.16. The van der Waals surface area contributed by atoms with Gasteiger partial charge in [-0.1, -0.05) is 12.1 Å². The summed E-state index contributed by atoms with van der Waals surface area (Å²) in [4.78, 5) is 13.6. The van der Waals surface area contributed by atoms with Crippen LogP contribution < -0.4 is 10.1 Å². The van der Waals surface area contributed by atoms with Crippen LogP contribution in [0.15, 0.2) is 24.3 Å². The van der Waals surface area contributed by atoms with Crippen LogP contribution in [0.5, 0.6) is 5.75 Å². The Bertz CT molecular complexity index is 447. The van der Waals surface area contributed by atoms with Gasteiger partial charge in [0.05, 0.1) is 6.54 Å². The average molecular weight is 280 g/mol. The number of hydrogen-bond donors (Lipinski definition) is 1. The number of rotatable bonds is 6. The molecule has 4 nitrogen and oxygen atoms in total. The molecule has 110 valence electrons. The quantitative estimate of drug-likeness (QED) is 0.861. The molecule has 1 fully saturated rings. The first kappa shape index (κ1) is 14.8. The molecule has 1 atom stereocenters. The number of nitrogens with zero attached hydrogens (tertiary/aromatic N) is 1.